The number of rotatable bonds is 1. The highest BCUT2D eigenvalue weighted by molar-refractivity contribution is 5.88. The van der Waals surface area contributed by atoms with Gasteiger partial charge < -0.3 is 14.3 Å². The zero-order chi connectivity index (χ0) is 8.60. The van der Waals surface area contributed by atoms with Crippen LogP contribution in [0.2, 0.25) is 0 Å². The third-order valence-corrected chi connectivity index (χ3v) is 2.33. The van der Waals surface area contributed by atoms with E-state index in [9.17, 15) is 0 Å². The molecule has 2 atom stereocenters. The lowest BCUT2D eigenvalue weighted by atomic mass is 10.0. The molecule has 1 saturated heterocycles. The molecule has 0 amide bonds. The average molecular weight is 171 g/mol. The van der Waals surface area contributed by atoms with E-state index < -0.39 is 5.79 Å². The van der Waals surface area contributed by atoms with Gasteiger partial charge in [0.05, 0.1) is 18.9 Å². The topological polar surface area (TPSA) is 40.0 Å². The minimum atomic E-state index is -0.623. The Morgan fingerprint density at radius 3 is 3.08 bits per heavy atom. The summed E-state index contributed by atoms with van der Waals surface area (Å²) in [4.78, 5) is 5.25. The van der Waals surface area contributed by atoms with Crippen molar-refractivity contribution < 1.29 is 14.3 Å². The molecule has 68 valence electrons. The van der Waals surface area contributed by atoms with E-state index in [1.54, 1.807) is 0 Å². The van der Waals surface area contributed by atoms with Crippen molar-refractivity contribution in [1.29, 1.82) is 0 Å². The molecule has 0 saturated carbocycles. The Kier molecular flexibility index (Phi) is 1.81. The second-order valence-corrected chi connectivity index (χ2v) is 3.09. The Morgan fingerprint density at radius 2 is 2.42 bits per heavy atom. The molecule has 4 nitrogen and oxygen atoms in total. The van der Waals surface area contributed by atoms with Gasteiger partial charge >= 0.3 is 0 Å². The van der Waals surface area contributed by atoms with E-state index in [0.29, 0.717) is 13.2 Å². The maximum Gasteiger partial charge on any atom is 0.268 e. The maximum absolute atomic E-state index is 5.55. The molecule has 0 aliphatic carbocycles. The first kappa shape index (κ1) is 8.01. The molecule has 2 aliphatic rings. The molecule has 0 radical (unpaired) electrons. The van der Waals surface area contributed by atoms with Crippen LogP contribution in [0, 0.1) is 0 Å². The van der Waals surface area contributed by atoms with Gasteiger partial charge in [-0.05, 0) is 6.92 Å². The van der Waals surface area contributed by atoms with Crippen LogP contribution < -0.4 is 0 Å². The molecule has 1 fully saturated rings. The molecule has 0 aromatic rings. The second kappa shape index (κ2) is 2.71. The smallest absolute Gasteiger partial charge is 0.268 e. The third kappa shape index (κ3) is 0.949. The Bertz CT molecular complexity index is 216. The van der Waals surface area contributed by atoms with Gasteiger partial charge in [0.2, 0.25) is 0 Å². The predicted molar refractivity (Wildman–Crippen MR) is 42.9 cm³/mol. The fraction of sp³-hybridized carbons (Fsp3) is 0.875. The Hall–Kier alpha value is -0.610. The van der Waals surface area contributed by atoms with Gasteiger partial charge in [-0.1, -0.05) is 12.1 Å². The molecular formula is C8H13NO3. The largest absolute Gasteiger partial charge is 0.363 e. The molecule has 0 aromatic carbocycles. The number of hydrogen-bond acceptors (Lipinski definition) is 4. The molecule has 0 spiro atoms. The summed E-state index contributed by atoms with van der Waals surface area (Å²) < 4.78 is 11.1. The van der Waals surface area contributed by atoms with Crippen LogP contribution in [-0.2, 0) is 14.3 Å². The van der Waals surface area contributed by atoms with E-state index >= 15 is 0 Å². The molecule has 12 heavy (non-hydrogen) atoms. The van der Waals surface area contributed by atoms with Crippen LogP contribution in [0.5, 0.6) is 0 Å². The van der Waals surface area contributed by atoms with Crippen LogP contribution in [0.3, 0.4) is 0 Å². The summed E-state index contributed by atoms with van der Waals surface area (Å²) in [5, 5.41) is 3.89. The zero-order valence-electron chi connectivity index (χ0n) is 7.37. The van der Waals surface area contributed by atoms with Gasteiger partial charge in [-0.15, -0.1) is 0 Å². The van der Waals surface area contributed by atoms with Crippen molar-refractivity contribution in [3.05, 3.63) is 0 Å². The minimum absolute atomic E-state index is 0.101. The fourth-order valence-electron chi connectivity index (χ4n) is 1.65. The number of nitrogens with zero attached hydrogens (tertiary/aromatic N) is 1. The van der Waals surface area contributed by atoms with Gasteiger partial charge in [0.25, 0.3) is 5.79 Å². The molecule has 0 aromatic heterocycles. The van der Waals surface area contributed by atoms with Crippen LogP contribution in [0.1, 0.15) is 20.3 Å². The summed E-state index contributed by atoms with van der Waals surface area (Å²) in [6.07, 6.45) is 0.662. The Labute approximate surface area is 71.5 Å². The van der Waals surface area contributed by atoms with E-state index in [4.69, 9.17) is 14.3 Å². The first-order valence-electron chi connectivity index (χ1n) is 4.27. The van der Waals surface area contributed by atoms with E-state index in [0.717, 1.165) is 12.1 Å². The van der Waals surface area contributed by atoms with Crippen LogP contribution in [0.4, 0.5) is 0 Å². The lowest BCUT2D eigenvalue weighted by molar-refractivity contribution is -0.297. The molecular weight excluding hydrogens is 158 g/mol. The highest BCUT2D eigenvalue weighted by Gasteiger charge is 2.50. The molecule has 0 bridgehead atoms. The number of hydrogen-bond donors (Lipinski definition) is 0. The van der Waals surface area contributed by atoms with Crippen LogP contribution in [-0.4, -0.2) is 30.8 Å². The van der Waals surface area contributed by atoms with Crippen molar-refractivity contribution in [1.82, 2.24) is 0 Å². The van der Waals surface area contributed by atoms with E-state index in [1.165, 1.54) is 0 Å². The lowest BCUT2D eigenvalue weighted by Gasteiger charge is -2.35. The average Bonchev–Trinajstić information content (AvgIpc) is 2.46. The number of ether oxygens (including phenoxy) is 2. The first-order chi connectivity index (χ1) is 5.78. The lowest BCUT2D eigenvalue weighted by Crippen LogP contribution is -2.51. The third-order valence-electron chi connectivity index (χ3n) is 2.33. The molecule has 2 unspecified atom stereocenters. The summed E-state index contributed by atoms with van der Waals surface area (Å²) in [6.45, 7) is 5.13. The highest BCUT2D eigenvalue weighted by Crippen LogP contribution is 2.33. The molecule has 2 aliphatic heterocycles. The van der Waals surface area contributed by atoms with Crippen molar-refractivity contribution in [2.45, 2.75) is 32.2 Å². The second-order valence-electron chi connectivity index (χ2n) is 3.09. The summed E-state index contributed by atoms with van der Waals surface area (Å²) in [7, 11) is 0. The summed E-state index contributed by atoms with van der Waals surface area (Å²) in [5.41, 5.74) is 0.872. The van der Waals surface area contributed by atoms with Gasteiger partial charge in [-0.2, -0.15) is 0 Å². The standard InChI is InChI=1S/C8H13NO3/c1-3-8-7(6(2)9-12-8)10-4-5-11-8/h7H,3-5H2,1-2H3. The predicted octanol–water partition coefficient (Wildman–Crippen LogP) is 0.914. The van der Waals surface area contributed by atoms with Crippen molar-refractivity contribution in [3.63, 3.8) is 0 Å². The van der Waals surface area contributed by atoms with E-state index in [2.05, 4.69) is 5.16 Å². The van der Waals surface area contributed by atoms with E-state index in [-0.39, 0.29) is 6.10 Å². The number of fused-ring (bicyclic) bond motifs is 1. The van der Waals surface area contributed by atoms with Gasteiger partial charge in [0.15, 0.2) is 6.10 Å². The van der Waals surface area contributed by atoms with Gasteiger partial charge in [0.1, 0.15) is 0 Å². The van der Waals surface area contributed by atoms with E-state index in [1.807, 2.05) is 13.8 Å². The first-order valence-corrected chi connectivity index (χ1v) is 4.27. The van der Waals surface area contributed by atoms with Crippen LogP contribution in [0.15, 0.2) is 5.16 Å². The van der Waals surface area contributed by atoms with Gasteiger partial charge in [0, 0.05) is 6.42 Å². The Balaban J connectivity index is 2.21. The van der Waals surface area contributed by atoms with Crippen LogP contribution in [0.25, 0.3) is 0 Å². The van der Waals surface area contributed by atoms with Crippen molar-refractivity contribution in [3.8, 4) is 0 Å². The summed E-state index contributed by atoms with van der Waals surface area (Å²) in [5.74, 6) is -0.623. The van der Waals surface area contributed by atoms with Crippen molar-refractivity contribution in [2.24, 2.45) is 5.16 Å². The number of oxime groups is 1. The fourth-order valence-corrected chi connectivity index (χ4v) is 1.65. The Morgan fingerprint density at radius 1 is 1.58 bits per heavy atom. The molecule has 2 heterocycles. The minimum Gasteiger partial charge on any atom is -0.363 e. The SMILES string of the molecule is CCC12OCCOC1C(C)=NO2. The normalized spacial score (nSPS) is 40.2. The molecule has 0 N–H and O–H groups in total. The van der Waals surface area contributed by atoms with Crippen LogP contribution >= 0.6 is 0 Å². The summed E-state index contributed by atoms with van der Waals surface area (Å²) >= 11 is 0. The van der Waals surface area contributed by atoms with Crippen molar-refractivity contribution in [2.75, 3.05) is 13.2 Å². The van der Waals surface area contributed by atoms with Crippen molar-refractivity contribution >= 4 is 5.71 Å². The van der Waals surface area contributed by atoms with Gasteiger partial charge in [-0.25, -0.2) is 0 Å². The highest BCUT2D eigenvalue weighted by atomic mass is 16.8. The monoisotopic (exact) mass is 171 g/mol. The molecule has 2 rings (SSSR count). The molecule has 4 heteroatoms. The van der Waals surface area contributed by atoms with Gasteiger partial charge in [-0.3, -0.25) is 0 Å². The quantitative estimate of drug-likeness (QED) is 0.588. The summed E-state index contributed by atoms with van der Waals surface area (Å²) in [6, 6.07) is 0. The maximum atomic E-state index is 5.55. The zero-order valence-corrected chi connectivity index (χ0v) is 7.37.